The van der Waals surface area contributed by atoms with Crippen LogP contribution in [0.2, 0.25) is 10.0 Å². The summed E-state index contributed by atoms with van der Waals surface area (Å²) >= 11 is 12.3. The SMILES string of the molecule is O=C1CC(c2ccco2)CC2=C1C(c1ccc(Cl)cc1)N(C(=O)c1ccc(Cl)cc1)c1ccccc1N2. The van der Waals surface area contributed by atoms with Gasteiger partial charge in [-0.05, 0) is 72.6 Å². The molecule has 1 aromatic heterocycles. The highest BCUT2D eigenvalue weighted by Crippen LogP contribution is 2.48. The molecule has 1 amide bonds. The smallest absolute Gasteiger partial charge is 0.259 e. The fourth-order valence-corrected chi connectivity index (χ4v) is 5.48. The number of allylic oxidation sites excluding steroid dienone is 1. The molecule has 184 valence electrons. The number of para-hydroxylation sites is 2. The van der Waals surface area contributed by atoms with Gasteiger partial charge in [0, 0.05) is 39.2 Å². The Morgan fingerprint density at radius 2 is 1.57 bits per heavy atom. The molecule has 1 aliphatic heterocycles. The predicted molar refractivity (Wildman–Crippen MR) is 145 cm³/mol. The van der Waals surface area contributed by atoms with Crippen LogP contribution in [0.25, 0.3) is 0 Å². The van der Waals surface area contributed by atoms with Crippen molar-refractivity contribution < 1.29 is 14.0 Å². The number of halogens is 2. The topological polar surface area (TPSA) is 62.6 Å². The number of ketones is 1. The molecule has 5 nitrogen and oxygen atoms in total. The minimum absolute atomic E-state index is 0.0307. The largest absolute Gasteiger partial charge is 0.469 e. The first kappa shape index (κ1) is 23.6. The molecule has 1 aliphatic carbocycles. The van der Waals surface area contributed by atoms with Crippen molar-refractivity contribution in [3.8, 4) is 0 Å². The number of hydrogen-bond acceptors (Lipinski definition) is 4. The Morgan fingerprint density at radius 1 is 0.865 bits per heavy atom. The third-order valence-corrected chi connectivity index (χ3v) is 7.43. The van der Waals surface area contributed by atoms with Crippen LogP contribution in [-0.4, -0.2) is 11.7 Å². The first-order chi connectivity index (χ1) is 18.0. The van der Waals surface area contributed by atoms with Crippen molar-refractivity contribution in [2.75, 3.05) is 10.2 Å². The van der Waals surface area contributed by atoms with E-state index in [-0.39, 0.29) is 24.0 Å². The average Bonchev–Trinajstić information content (AvgIpc) is 3.40. The number of benzene rings is 3. The van der Waals surface area contributed by atoms with E-state index in [1.54, 1.807) is 47.6 Å². The van der Waals surface area contributed by atoms with Gasteiger partial charge in [-0.25, -0.2) is 0 Å². The third kappa shape index (κ3) is 4.35. The maximum atomic E-state index is 14.2. The molecule has 2 atom stereocenters. The quantitative estimate of drug-likeness (QED) is 0.294. The molecule has 3 aromatic carbocycles. The molecule has 0 saturated carbocycles. The lowest BCUT2D eigenvalue weighted by atomic mass is 9.80. The molecule has 0 radical (unpaired) electrons. The van der Waals surface area contributed by atoms with Crippen molar-refractivity contribution in [3.05, 3.63) is 129 Å². The molecule has 4 aromatic rings. The van der Waals surface area contributed by atoms with E-state index in [1.807, 2.05) is 48.5 Å². The van der Waals surface area contributed by atoms with Crippen LogP contribution < -0.4 is 10.2 Å². The molecular weight excluding hydrogens is 507 g/mol. The van der Waals surface area contributed by atoms with Gasteiger partial charge < -0.3 is 9.73 Å². The summed E-state index contributed by atoms with van der Waals surface area (Å²) in [7, 11) is 0. The van der Waals surface area contributed by atoms with Crippen molar-refractivity contribution in [1.82, 2.24) is 0 Å². The number of hydrogen-bond donors (Lipinski definition) is 1. The number of nitrogens with zero attached hydrogens (tertiary/aromatic N) is 1. The van der Waals surface area contributed by atoms with Gasteiger partial charge in [0.25, 0.3) is 5.91 Å². The van der Waals surface area contributed by atoms with Crippen LogP contribution >= 0.6 is 23.2 Å². The zero-order valence-corrected chi connectivity index (χ0v) is 21.2. The molecule has 0 saturated heterocycles. The minimum atomic E-state index is -0.656. The Balaban J connectivity index is 1.57. The standard InChI is InChI=1S/C30H22Cl2N2O3/c31-21-11-7-18(8-12-21)29-28-24(16-20(17-26(28)35)27-6-3-15-37-27)33-23-4-1-2-5-25(23)34(29)30(36)19-9-13-22(32)14-10-19/h1-15,20,29,33H,16-17H2. The second kappa shape index (κ2) is 9.58. The first-order valence-corrected chi connectivity index (χ1v) is 12.8. The number of amides is 1. The van der Waals surface area contributed by atoms with Gasteiger partial charge in [0.05, 0.1) is 23.7 Å². The maximum Gasteiger partial charge on any atom is 0.259 e. The van der Waals surface area contributed by atoms with Crippen LogP contribution in [0.4, 0.5) is 11.4 Å². The number of fused-ring (bicyclic) bond motifs is 1. The zero-order valence-electron chi connectivity index (χ0n) is 19.7. The molecule has 6 rings (SSSR count). The van der Waals surface area contributed by atoms with Gasteiger partial charge in [-0.3, -0.25) is 14.5 Å². The Hall–Kier alpha value is -3.80. The van der Waals surface area contributed by atoms with Crippen molar-refractivity contribution in [2.45, 2.75) is 24.8 Å². The summed E-state index contributed by atoms with van der Waals surface area (Å²) in [6.07, 6.45) is 2.50. The summed E-state index contributed by atoms with van der Waals surface area (Å²) in [6, 6.07) is 24.8. The van der Waals surface area contributed by atoms with Gasteiger partial charge in [0.1, 0.15) is 5.76 Å². The van der Waals surface area contributed by atoms with Crippen LogP contribution in [0.5, 0.6) is 0 Å². The molecular formula is C30H22Cl2N2O3. The molecule has 2 unspecified atom stereocenters. The molecule has 1 N–H and O–H groups in total. The van der Waals surface area contributed by atoms with E-state index < -0.39 is 6.04 Å². The summed E-state index contributed by atoms with van der Waals surface area (Å²) in [5, 5.41) is 4.64. The van der Waals surface area contributed by atoms with Crippen LogP contribution in [0.3, 0.4) is 0 Å². The van der Waals surface area contributed by atoms with E-state index in [2.05, 4.69) is 5.32 Å². The Labute approximate surface area is 224 Å². The normalized spacial score (nSPS) is 19.1. The zero-order chi connectivity index (χ0) is 25.5. The maximum absolute atomic E-state index is 14.2. The number of furan rings is 1. The summed E-state index contributed by atoms with van der Waals surface area (Å²) in [5.41, 5.74) is 4.06. The molecule has 37 heavy (non-hydrogen) atoms. The molecule has 0 bridgehead atoms. The van der Waals surface area contributed by atoms with Gasteiger partial charge >= 0.3 is 0 Å². The van der Waals surface area contributed by atoms with E-state index in [0.717, 1.165) is 22.7 Å². The predicted octanol–water partition coefficient (Wildman–Crippen LogP) is 7.80. The second-order valence-corrected chi connectivity index (χ2v) is 10.1. The van der Waals surface area contributed by atoms with Crippen molar-refractivity contribution in [1.29, 1.82) is 0 Å². The lowest BCUT2D eigenvalue weighted by Gasteiger charge is -2.35. The molecule has 2 aliphatic rings. The first-order valence-electron chi connectivity index (χ1n) is 12.0. The summed E-state index contributed by atoms with van der Waals surface area (Å²) in [4.78, 5) is 29.8. The fourth-order valence-electron chi connectivity index (χ4n) is 5.23. The highest BCUT2D eigenvalue weighted by atomic mass is 35.5. The van der Waals surface area contributed by atoms with Crippen LogP contribution in [0, 0.1) is 0 Å². The lowest BCUT2D eigenvalue weighted by Crippen LogP contribution is -2.38. The number of carbonyl (C=O) groups excluding carboxylic acids is 2. The van der Waals surface area contributed by atoms with Gasteiger partial charge in [-0.2, -0.15) is 0 Å². The summed E-state index contributed by atoms with van der Waals surface area (Å²) in [5.74, 6) is 0.416. The summed E-state index contributed by atoms with van der Waals surface area (Å²) < 4.78 is 5.66. The van der Waals surface area contributed by atoms with Crippen molar-refractivity contribution in [2.24, 2.45) is 0 Å². The van der Waals surface area contributed by atoms with Crippen LogP contribution in [-0.2, 0) is 4.79 Å². The van der Waals surface area contributed by atoms with E-state index in [0.29, 0.717) is 33.3 Å². The highest BCUT2D eigenvalue weighted by Gasteiger charge is 2.42. The van der Waals surface area contributed by atoms with Gasteiger partial charge in [-0.1, -0.05) is 47.5 Å². The van der Waals surface area contributed by atoms with E-state index in [9.17, 15) is 9.59 Å². The average molecular weight is 529 g/mol. The van der Waals surface area contributed by atoms with Gasteiger partial charge in [0.15, 0.2) is 5.78 Å². The van der Waals surface area contributed by atoms with Crippen molar-refractivity contribution in [3.63, 3.8) is 0 Å². The number of Topliss-reactive ketones (excluding diaryl/α,β-unsaturated/α-hetero) is 1. The van der Waals surface area contributed by atoms with E-state index in [1.165, 1.54) is 0 Å². The van der Waals surface area contributed by atoms with Crippen LogP contribution in [0.15, 0.2) is 107 Å². The molecule has 2 heterocycles. The Kier molecular flexibility index (Phi) is 6.11. The number of anilines is 2. The summed E-state index contributed by atoms with van der Waals surface area (Å²) in [6.45, 7) is 0. The number of carbonyl (C=O) groups is 2. The molecule has 0 spiro atoms. The Bertz CT molecular complexity index is 1510. The Morgan fingerprint density at radius 3 is 2.27 bits per heavy atom. The second-order valence-electron chi connectivity index (χ2n) is 9.21. The number of nitrogens with one attached hydrogen (secondary N) is 1. The minimum Gasteiger partial charge on any atom is -0.469 e. The van der Waals surface area contributed by atoms with Gasteiger partial charge in [-0.15, -0.1) is 0 Å². The molecule has 7 heteroatoms. The van der Waals surface area contributed by atoms with Gasteiger partial charge in [0.2, 0.25) is 0 Å². The van der Waals surface area contributed by atoms with Crippen molar-refractivity contribution >= 4 is 46.3 Å². The monoisotopic (exact) mass is 528 g/mol. The van der Waals surface area contributed by atoms with Crippen LogP contribution in [0.1, 0.15) is 46.5 Å². The fraction of sp³-hybridized carbons (Fsp3) is 0.133. The van der Waals surface area contributed by atoms with E-state index in [4.69, 9.17) is 27.6 Å². The van der Waals surface area contributed by atoms with E-state index >= 15 is 0 Å². The highest BCUT2D eigenvalue weighted by molar-refractivity contribution is 6.31. The molecule has 0 fully saturated rings. The number of rotatable bonds is 3. The third-order valence-electron chi connectivity index (χ3n) is 6.93. The lowest BCUT2D eigenvalue weighted by molar-refractivity contribution is -0.116.